The molecule has 1 aromatic rings. The van der Waals surface area contributed by atoms with Gasteiger partial charge in [-0.3, -0.25) is 0 Å². The number of nitriles is 2. The average Bonchev–Trinajstić information content (AvgIpc) is 2.20. The predicted molar refractivity (Wildman–Crippen MR) is 56.5 cm³/mol. The van der Waals surface area contributed by atoms with Crippen molar-refractivity contribution in [3.8, 4) is 12.1 Å². The Bertz CT molecular complexity index is 332. The third kappa shape index (κ3) is 3.51. The molecule has 1 rings (SSSR count). The molecular formula is C11H10N2S. The van der Waals surface area contributed by atoms with Gasteiger partial charge in [0.25, 0.3) is 0 Å². The van der Waals surface area contributed by atoms with E-state index in [4.69, 9.17) is 10.5 Å². The molecule has 0 radical (unpaired) electrons. The SMILES string of the molecule is N#CCC(CC#N)Sc1ccccc1. The van der Waals surface area contributed by atoms with Crippen LogP contribution in [0.3, 0.4) is 0 Å². The highest BCUT2D eigenvalue weighted by molar-refractivity contribution is 8.00. The lowest BCUT2D eigenvalue weighted by atomic mass is 10.2. The Balaban J connectivity index is 2.57. The summed E-state index contributed by atoms with van der Waals surface area (Å²) in [5.41, 5.74) is 0. The zero-order chi connectivity index (χ0) is 10.2. The van der Waals surface area contributed by atoms with Gasteiger partial charge in [-0.05, 0) is 12.1 Å². The van der Waals surface area contributed by atoms with Gasteiger partial charge in [0, 0.05) is 23.0 Å². The monoisotopic (exact) mass is 202 g/mol. The fourth-order valence-electron chi connectivity index (χ4n) is 1.05. The summed E-state index contributed by atoms with van der Waals surface area (Å²) in [7, 11) is 0. The van der Waals surface area contributed by atoms with Crippen molar-refractivity contribution in [3.05, 3.63) is 30.3 Å². The minimum atomic E-state index is 0.0902. The molecule has 0 saturated heterocycles. The summed E-state index contributed by atoms with van der Waals surface area (Å²) in [6.07, 6.45) is 0.847. The van der Waals surface area contributed by atoms with E-state index in [2.05, 4.69) is 12.1 Å². The van der Waals surface area contributed by atoms with Crippen molar-refractivity contribution in [2.24, 2.45) is 0 Å². The predicted octanol–water partition coefficient (Wildman–Crippen LogP) is 2.97. The molecule has 0 amide bonds. The van der Waals surface area contributed by atoms with Gasteiger partial charge in [0.1, 0.15) is 0 Å². The fraction of sp³-hybridized carbons (Fsp3) is 0.273. The molecule has 0 aliphatic rings. The lowest BCUT2D eigenvalue weighted by molar-refractivity contribution is 0.906. The highest BCUT2D eigenvalue weighted by Crippen LogP contribution is 2.26. The van der Waals surface area contributed by atoms with Crippen LogP contribution in [-0.4, -0.2) is 5.25 Å². The normalized spacial score (nSPS) is 9.36. The highest BCUT2D eigenvalue weighted by Gasteiger charge is 2.08. The molecule has 0 saturated carbocycles. The minimum Gasteiger partial charge on any atom is -0.198 e. The van der Waals surface area contributed by atoms with Gasteiger partial charge in [-0.2, -0.15) is 10.5 Å². The van der Waals surface area contributed by atoms with E-state index in [0.29, 0.717) is 12.8 Å². The Labute approximate surface area is 88.2 Å². The van der Waals surface area contributed by atoms with Crippen molar-refractivity contribution in [3.63, 3.8) is 0 Å². The smallest absolute Gasteiger partial charge is 0.0633 e. The van der Waals surface area contributed by atoms with E-state index in [-0.39, 0.29) is 5.25 Å². The summed E-state index contributed by atoms with van der Waals surface area (Å²) in [6, 6.07) is 14.1. The molecule has 1 aromatic carbocycles. The number of hydrogen-bond donors (Lipinski definition) is 0. The maximum absolute atomic E-state index is 8.57. The Morgan fingerprint density at radius 2 is 1.64 bits per heavy atom. The molecule has 0 unspecified atom stereocenters. The van der Waals surface area contributed by atoms with E-state index >= 15 is 0 Å². The zero-order valence-corrected chi connectivity index (χ0v) is 8.50. The molecule has 0 spiro atoms. The number of nitrogens with zero attached hydrogens (tertiary/aromatic N) is 2. The number of benzene rings is 1. The van der Waals surface area contributed by atoms with Gasteiger partial charge in [-0.25, -0.2) is 0 Å². The summed E-state index contributed by atoms with van der Waals surface area (Å²) in [5, 5.41) is 17.2. The Morgan fingerprint density at radius 3 is 2.14 bits per heavy atom. The second-order valence-electron chi connectivity index (χ2n) is 2.78. The largest absolute Gasteiger partial charge is 0.198 e. The lowest BCUT2D eigenvalue weighted by Gasteiger charge is -2.08. The van der Waals surface area contributed by atoms with Crippen molar-refractivity contribution >= 4 is 11.8 Å². The molecule has 0 atom stereocenters. The van der Waals surface area contributed by atoms with Gasteiger partial charge in [-0.1, -0.05) is 18.2 Å². The van der Waals surface area contributed by atoms with Gasteiger partial charge in [0.05, 0.1) is 12.1 Å². The maximum Gasteiger partial charge on any atom is 0.0633 e. The Kier molecular flexibility index (Phi) is 4.61. The molecule has 0 aliphatic carbocycles. The van der Waals surface area contributed by atoms with Crippen molar-refractivity contribution < 1.29 is 0 Å². The van der Waals surface area contributed by atoms with Crippen LogP contribution in [0, 0.1) is 22.7 Å². The summed E-state index contributed by atoms with van der Waals surface area (Å²) >= 11 is 1.59. The van der Waals surface area contributed by atoms with E-state index < -0.39 is 0 Å². The summed E-state index contributed by atoms with van der Waals surface area (Å²) in [5.74, 6) is 0. The fourth-order valence-corrected chi connectivity index (χ4v) is 2.07. The van der Waals surface area contributed by atoms with Gasteiger partial charge in [0.15, 0.2) is 0 Å². The van der Waals surface area contributed by atoms with Crippen LogP contribution >= 0.6 is 11.8 Å². The molecule has 14 heavy (non-hydrogen) atoms. The van der Waals surface area contributed by atoms with Crippen molar-refractivity contribution in [2.75, 3.05) is 0 Å². The van der Waals surface area contributed by atoms with Gasteiger partial charge < -0.3 is 0 Å². The molecule has 70 valence electrons. The first-order chi connectivity index (χ1) is 6.86. The van der Waals surface area contributed by atoms with E-state index in [1.165, 1.54) is 0 Å². The maximum atomic E-state index is 8.57. The zero-order valence-electron chi connectivity index (χ0n) is 7.68. The first kappa shape index (κ1) is 10.6. The number of thioether (sulfide) groups is 1. The molecule has 2 nitrogen and oxygen atoms in total. The number of hydrogen-bond acceptors (Lipinski definition) is 3. The van der Waals surface area contributed by atoms with Crippen LogP contribution in [0.4, 0.5) is 0 Å². The molecule has 0 aromatic heterocycles. The standard InChI is InChI=1S/C11H10N2S/c12-8-6-11(7-9-13)14-10-4-2-1-3-5-10/h1-5,11H,6-7H2. The first-order valence-corrected chi connectivity index (χ1v) is 5.20. The third-order valence-electron chi connectivity index (χ3n) is 1.68. The summed E-state index contributed by atoms with van der Waals surface area (Å²) in [4.78, 5) is 1.11. The van der Waals surface area contributed by atoms with E-state index in [9.17, 15) is 0 Å². The molecule has 0 bridgehead atoms. The van der Waals surface area contributed by atoms with Crippen LogP contribution in [0.25, 0.3) is 0 Å². The lowest BCUT2D eigenvalue weighted by Crippen LogP contribution is -1.99. The first-order valence-electron chi connectivity index (χ1n) is 4.32. The quantitative estimate of drug-likeness (QED) is 0.705. The molecule has 0 fully saturated rings. The molecule has 3 heteroatoms. The third-order valence-corrected chi connectivity index (χ3v) is 2.89. The van der Waals surface area contributed by atoms with Crippen LogP contribution in [-0.2, 0) is 0 Å². The second-order valence-corrected chi connectivity index (χ2v) is 4.15. The van der Waals surface area contributed by atoms with Crippen LogP contribution in [0.15, 0.2) is 35.2 Å². The average molecular weight is 202 g/mol. The van der Waals surface area contributed by atoms with Gasteiger partial charge in [-0.15, -0.1) is 11.8 Å². The summed E-state index contributed by atoms with van der Waals surface area (Å²) < 4.78 is 0. The van der Waals surface area contributed by atoms with Gasteiger partial charge >= 0.3 is 0 Å². The van der Waals surface area contributed by atoms with Crippen molar-refractivity contribution in [1.29, 1.82) is 10.5 Å². The topological polar surface area (TPSA) is 47.6 Å². The number of rotatable bonds is 4. The van der Waals surface area contributed by atoms with E-state index in [1.807, 2.05) is 30.3 Å². The minimum absolute atomic E-state index is 0.0902. The van der Waals surface area contributed by atoms with Crippen molar-refractivity contribution in [2.45, 2.75) is 23.0 Å². The molecule has 0 N–H and O–H groups in total. The Morgan fingerprint density at radius 1 is 1.07 bits per heavy atom. The van der Waals surface area contributed by atoms with E-state index in [1.54, 1.807) is 11.8 Å². The molecular weight excluding hydrogens is 192 g/mol. The molecule has 0 aliphatic heterocycles. The molecule has 0 heterocycles. The van der Waals surface area contributed by atoms with Crippen LogP contribution in [0.1, 0.15) is 12.8 Å². The Hall–Kier alpha value is -1.45. The van der Waals surface area contributed by atoms with E-state index in [0.717, 1.165) is 4.90 Å². The second kappa shape index (κ2) is 6.07. The van der Waals surface area contributed by atoms with Gasteiger partial charge in [0.2, 0.25) is 0 Å². The highest BCUT2D eigenvalue weighted by atomic mass is 32.2. The van der Waals surface area contributed by atoms with Crippen molar-refractivity contribution in [1.82, 2.24) is 0 Å². The van der Waals surface area contributed by atoms with Crippen LogP contribution in [0.5, 0.6) is 0 Å². The van der Waals surface area contributed by atoms with Crippen LogP contribution < -0.4 is 0 Å². The van der Waals surface area contributed by atoms with Crippen LogP contribution in [0.2, 0.25) is 0 Å². The summed E-state index contributed by atoms with van der Waals surface area (Å²) in [6.45, 7) is 0.